The normalized spacial score (nSPS) is 11.5. The molecule has 0 fully saturated rings. The zero-order valence-electron chi connectivity index (χ0n) is 14.7. The third-order valence-corrected chi connectivity index (χ3v) is 4.61. The minimum atomic E-state index is -0.156. The number of likely N-dealkylation sites (N-methyl/N-ethyl adjacent to an activating group) is 1. The zero-order chi connectivity index (χ0) is 17.8. The van der Waals surface area contributed by atoms with Gasteiger partial charge in [0.15, 0.2) is 0 Å². The van der Waals surface area contributed by atoms with E-state index < -0.39 is 0 Å². The van der Waals surface area contributed by atoms with E-state index in [-0.39, 0.29) is 17.7 Å². The van der Waals surface area contributed by atoms with Crippen LogP contribution in [0.1, 0.15) is 19.6 Å². The number of aromatic nitrogens is 2. The van der Waals surface area contributed by atoms with Gasteiger partial charge in [-0.2, -0.15) is 0 Å². The maximum absolute atomic E-state index is 12.9. The Hall–Kier alpha value is -2.60. The van der Waals surface area contributed by atoms with E-state index in [1.54, 1.807) is 12.3 Å². The van der Waals surface area contributed by atoms with E-state index in [2.05, 4.69) is 18.7 Å². The summed E-state index contributed by atoms with van der Waals surface area (Å²) < 4.78 is 8.76. The predicted octanol–water partition coefficient (Wildman–Crippen LogP) is 2.27. The largest absolute Gasteiger partial charge is 0.467 e. The molecule has 25 heavy (non-hydrogen) atoms. The molecule has 3 aromatic rings. The average molecular weight is 340 g/mol. The van der Waals surface area contributed by atoms with Crippen LogP contribution < -0.4 is 11.2 Å². The first-order chi connectivity index (χ1) is 12.2. The highest BCUT2D eigenvalue weighted by Gasteiger charge is 2.12. The smallest absolute Gasteiger partial charge is 0.263 e. The molecule has 0 saturated heterocycles. The van der Waals surface area contributed by atoms with E-state index in [4.69, 9.17) is 9.83 Å². The highest BCUT2D eigenvalue weighted by Crippen LogP contribution is 2.09. The van der Waals surface area contributed by atoms with Crippen LogP contribution in [0.3, 0.4) is 0 Å². The van der Waals surface area contributed by atoms with Gasteiger partial charge in [-0.1, -0.05) is 26.0 Å². The Bertz CT molecular complexity index is 950. The summed E-state index contributed by atoms with van der Waals surface area (Å²) in [6.45, 7) is 7.97. The lowest BCUT2D eigenvalue weighted by molar-refractivity contribution is 0.288. The second kappa shape index (κ2) is 7.53. The number of furan rings is 1. The van der Waals surface area contributed by atoms with Crippen molar-refractivity contribution in [1.82, 2.24) is 14.0 Å². The van der Waals surface area contributed by atoms with Crippen LogP contribution in [0, 0.1) is 5.41 Å². The zero-order valence-corrected chi connectivity index (χ0v) is 14.7. The lowest BCUT2D eigenvalue weighted by Crippen LogP contribution is -2.42. The van der Waals surface area contributed by atoms with Crippen LogP contribution in [-0.2, 0) is 13.1 Å². The number of para-hydroxylation sites is 1. The van der Waals surface area contributed by atoms with E-state index >= 15 is 0 Å². The van der Waals surface area contributed by atoms with E-state index in [1.807, 2.05) is 34.9 Å². The van der Waals surface area contributed by atoms with Crippen LogP contribution in [0.5, 0.6) is 0 Å². The number of nitrogens with zero attached hydrogens (tertiary/aromatic N) is 3. The maximum atomic E-state index is 12.9. The molecule has 0 bridgehead atoms. The van der Waals surface area contributed by atoms with Crippen LogP contribution in [-0.4, -0.2) is 33.7 Å². The fraction of sp³-hybridized carbons (Fsp3) is 0.368. The van der Waals surface area contributed by atoms with Crippen molar-refractivity contribution in [3.05, 3.63) is 64.4 Å². The molecule has 0 amide bonds. The molecule has 0 atom stereocenters. The summed E-state index contributed by atoms with van der Waals surface area (Å²) in [5.41, 5.74) is 0.851. The summed E-state index contributed by atoms with van der Waals surface area (Å²) in [6.07, 6.45) is 1.58. The number of fused-ring (bicyclic) bond motifs is 1. The lowest BCUT2D eigenvalue weighted by atomic mass is 10.2. The number of benzene rings is 1. The number of hydrogen-bond acceptors (Lipinski definition) is 4. The third kappa shape index (κ3) is 3.44. The van der Waals surface area contributed by atoms with Crippen molar-refractivity contribution in [3.8, 4) is 0 Å². The Morgan fingerprint density at radius 3 is 2.52 bits per heavy atom. The van der Waals surface area contributed by atoms with E-state index in [0.29, 0.717) is 17.7 Å². The van der Waals surface area contributed by atoms with Crippen molar-refractivity contribution in [2.75, 3.05) is 19.6 Å². The van der Waals surface area contributed by atoms with Gasteiger partial charge in [0.05, 0.1) is 23.7 Å². The van der Waals surface area contributed by atoms with Gasteiger partial charge in [0.1, 0.15) is 5.76 Å². The third-order valence-electron chi connectivity index (χ3n) is 4.61. The van der Waals surface area contributed by atoms with E-state index in [0.717, 1.165) is 25.2 Å². The molecule has 1 N–H and O–H groups in total. The molecule has 0 aliphatic rings. The highest BCUT2D eigenvalue weighted by atomic mass is 16.3. The van der Waals surface area contributed by atoms with Gasteiger partial charge in [0.2, 0.25) is 5.62 Å². The van der Waals surface area contributed by atoms with Gasteiger partial charge < -0.3 is 13.9 Å². The first kappa shape index (κ1) is 17.2. The molecule has 6 nitrogen and oxygen atoms in total. The van der Waals surface area contributed by atoms with E-state index in [1.165, 1.54) is 4.57 Å². The summed E-state index contributed by atoms with van der Waals surface area (Å²) in [4.78, 5) is 15.2. The molecule has 6 heteroatoms. The molecular formula is C19H24N4O2. The van der Waals surface area contributed by atoms with E-state index in [9.17, 15) is 4.79 Å². The van der Waals surface area contributed by atoms with Crippen molar-refractivity contribution >= 4 is 10.9 Å². The Morgan fingerprint density at radius 1 is 1.08 bits per heavy atom. The van der Waals surface area contributed by atoms with Gasteiger partial charge >= 0.3 is 0 Å². The summed E-state index contributed by atoms with van der Waals surface area (Å²) in [7, 11) is 0. The van der Waals surface area contributed by atoms with Crippen LogP contribution in [0.4, 0.5) is 0 Å². The standard InChI is InChI=1S/C19H24N4O2/c1-3-21(4-2)11-12-22-17-10-6-5-9-16(17)18(24)23(19(22)20)14-15-8-7-13-25-15/h5-10,13,20H,3-4,11-12,14H2,1-2H3. The second-order valence-electron chi connectivity index (χ2n) is 5.99. The number of rotatable bonds is 7. The minimum Gasteiger partial charge on any atom is -0.467 e. The predicted molar refractivity (Wildman–Crippen MR) is 97.7 cm³/mol. The molecule has 0 radical (unpaired) electrons. The Balaban J connectivity index is 2.10. The minimum absolute atomic E-state index is 0.156. The monoisotopic (exact) mass is 340 g/mol. The topological polar surface area (TPSA) is 67.2 Å². The number of hydrogen-bond donors (Lipinski definition) is 1. The summed E-state index contributed by atoms with van der Waals surface area (Å²) in [6, 6.07) is 11.1. The summed E-state index contributed by atoms with van der Waals surface area (Å²) >= 11 is 0. The van der Waals surface area contributed by atoms with Crippen LogP contribution >= 0.6 is 0 Å². The molecule has 2 heterocycles. The van der Waals surface area contributed by atoms with Crippen molar-refractivity contribution in [1.29, 1.82) is 5.41 Å². The molecule has 1 aromatic carbocycles. The lowest BCUT2D eigenvalue weighted by Gasteiger charge is -2.21. The van der Waals surface area contributed by atoms with Gasteiger partial charge in [-0.25, -0.2) is 0 Å². The molecule has 0 unspecified atom stereocenters. The molecule has 132 valence electrons. The van der Waals surface area contributed by atoms with Gasteiger partial charge in [0, 0.05) is 13.1 Å². The van der Waals surface area contributed by atoms with Gasteiger partial charge in [-0.3, -0.25) is 14.8 Å². The van der Waals surface area contributed by atoms with Gasteiger partial charge in [0.25, 0.3) is 5.56 Å². The molecule has 3 rings (SSSR count). The molecular weight excluding hydrogens is 316 g/mol. The first-order valence-electron chi connectivity index (χ1n) is 8.67. The molecule has 0 aliphatic carbocycles. The van der Waals surface area contributed by atoms with Crippen LogP contribution in [0.2, 0.25) is 0 Å². The molecule has 0 aliphatic heterocycles. The van der Waals surface area contributed by atoms with Gasteiger partial charge in [-0.15, -0.1) is 0 Å². The average Bonchev–Trinajstić information content (AvgIpc) is 3.15. The van der Waals surface area contributed by atoms with Gasteiger partial charge in [-0.05, 0) is 37.4 Å². The van der Waals surface area contributed by atoms with Crippen LogP contribution in [0.15, 0.2) is 51.9 Å². The SMILES string of the molecule is CCN(CC)CCn1c(=N)n(Cc2ccco2)c(=O)c2ccccc21. The Labute approximate surface area is 146 Å². The highest BCUT2D eigenvalue weighted by molar-refractivity contribution is 5.77. The Morgan fingerprint density at radius 2 is 1.84 bits per heavy atom. The number of nitrogens with one attached hydrogen (secondary N) is 1. The van der Waals surface area contributed by atoms with Crippen molar-refractivity contribution in [2.45, 2.75) is 26.9 Å². The maximum Gasteiger partial charge on any atom is 0.263 e. The summed E-state index contributed by atoms with van der Waals surface area (Å²) in [5.74, 6) is 0.668. The molecule has 0 saturated carbocycles. The molecule has 0 spiro atoms. The van der Waals surface area contributed by atoms with Crippen LogP contribution in [0.25, 0.3) is 10.9 Å². The first-order valence-corrected chi connectivity index (χ1v) is 8.67. The fourth-order valence-corrected chi connectivity index (χ4v) is 3.10. The summed E-state index contributed by atoms with van der Waals surface area (Å²) in [5, 5.41) is 9.23. The van der Waals surface area contributed by atoms with Crippen molar-refractivity contribution in [3.63, 3.8) is 0 Å². The fourth-order valence-electron chi connectivity index (χ4n) is 3.10. The second-order valence-corrected chi connectivity index (χ2v) is 5.99. The Kier molecular flexibility index (Phi) is 5.19. The van der Waals surface area contributed by atoms with Crippen molar-refractivity contribution < 1.29 is 4.42 Å². The molecule has 2 aromatic heterocycles. The van der Waals surface area contributed by atoms with Crippen molar-refractivity contribution in [2.24, 2.45) is 0 Å². The quantitative estimate of drug-likeness (QED) is 0.717.